The van der Waals surface area contributed by atoms with Crippen LogP contribution in [0.25, 0.3) is 0 Å². The van der Waals surface area contributed by atoms with Gasteiger partial charge in [0.2, 0.25) is 0 Å². The topological polar surface area (TPSA) is 122 Å². The van der Waals surface area contributed by atoms with Crippen LogP contribution < -0.4 is 25.7 Å². The van der Waals surface area contributed by atoms with Crippen LogP contribution in [0.15, 0.2) is 41.2 Å². The van der Waals surface area contributed by atoms with Crippen LogP contribution in [-0.2, 0) is 4.79 Å². The van der Waals surface area contributed by atoms with Gasteiger partial charge in [-0.05, 0) is 18.2 Å². The van der Waals surface area contributed by atoms with Gasteiger partial charge in [-0.3, -0.25) is 14.4 Å². The van der Waals surface area contributed by atoms with Crippen molar-refractivity contribution in [2.24, 2.45) is 0 Å². The van der Waals surface area contributed by atoms with Gasteiger partial charge >= 0.3 is 0 Å². The Morgan fingerprint density at radius 2 is 1.80 bits per heavy atom. The van der Waals surface area contributed by atoms with Gasteiger partial charge in [0.25, 0.3) is 17.4 Å². The number of ether oxygens (including phenoxy) is 2. The Morgan fingerprint density at radius 1 is 1.08 bits per heavy atom. The Hall–Kier alpha value is -3.36. The fourth-order valence-corrected chi connectivity index (χ4v) is 1.87. The molecule has 0 aliphatic rings. The largest absolute Gasteiger partial charge is 0.493 e. The zero-order chi connectivity index (χ0) is 18.1. The van der Waals surface area contributed by atoms with E-state index in [1.807, 2.05) is 0 Å². The summed E-state index contributed by atoms with van der Waals surface area (Å²) in [6.45, 7) is 0.263. The summed E-state index contributed by atoms with van der Waals surface area (Å²) >= 11 is 0. The molecule has 132 valence electrons. The Kier molecular flexibility index (Phi) is 6.52. The van der Waals surface area contributed by atoms with Crippen LogP contribution in [0.2, 0.25) is 0 Å². The first-order valence-corrected chi connectivity index (χ1v) is 7.46. The third-order valence-electron chi connectivity index (χ3n) is 3.07. The van der Waals surface area contributed by atoms with Crippen LogP contribution >= 0.6 is 0 Å². The van der Waals surface area contributed by atoms with Crippen molar-refractivity contribution in [2.75, 3.05) is 26.8 Å². The highest BCUT2D eigenvalue weighted by atomic mass is 16.5. The highest BCUT2D eigenvalue weighted by Gasteiger charge is 2.08. The van der Waals surface area contributed by atoms with Gasteiger partial charge in [-0.1, -0.05) is 12.1 Å². The summed E-state index contributed by atoms with van der Waals surface area (Å²) in [5.41, 5.74) is -0.302. The number of aromatic nitrogens is 2. The Bertz CT molecular complexity index is 770. The lowest BCUT2D eigenvalue weighted by molar-refractivity contribution is -0.123. The summed E-state index contributed by atoms with van der Waals surface area (Å²) in [6.07, 6.45) is 0. The molecule has 0 aliphatic heterocycles. The minimum absolute atomic E-state index is 0.0884. The molecule has 0 fully saturated rings. The Morgan fingerprint density at radius 3 is 2.48 bits per heavy atom. The van der Waals surface area contributed by atoms with E-state index in [1.165, 1.54) is 19.2 Å². The molecule has 0 unspecified atom stereocenters. The standard InChI is InChI=1S/C16H18N4O5/c1-24-12-4-2-3-5-13(12)25-10-15(22)17-8-9-18-16(23)11-6-7-14(21)20-19-11/h2-7H,8-10H2,1H3,(H,17,22)(H,18,23)(H,20,21). The number of nitrogens with one attached hydrogen (secondary N) is 3. The number of carbonyl (C=O) groups is 2. The van der Waals surface area contributed by atoms with Crippen LogP contribution in [0.3, 0.4) is 0 Å². The number of amides is 2. The van der Waals surface area contributed by atoms with E-state index in [4.69, 9.17) is 9.47 Å². The highest BCUT2D eigenvalue weighted by Crippen LogP contribution is 2.25. The molecule has 2 amide bonds. The van der Waals surface area contributed by atoms with Crippen molar-refractivity contribution in [1.29, 1.82) is 0 Å². The van der Waals surface area contributed by atoms with Crippen molar-refractivity contribution < 1.29 is 19.1 Å². The second-order valence-electron chi connectivity index (χ2n) is 4.85. The molecule has 1 aromatic heterocycles. The van der Waals surface area contributed by atoms with Crippen molar-refractivity contribution >= 4 is 11.8 Å². The van der Waals surface area contributed by atoms with Crippen LogP contribution in [0, 0.1) is 0 Å². The summed E-state index contributed by atoms with van der Waals surface area (Å²) in [5, 5.41) is 10.9. The molecule has 0 spiro atoms. The first-order chi connectivity index (χ1) is 12.1. The number of methoxy groups -OCH3 is 1. The fourth-order valence-electron chi connectivity index (χ4n) is 1.87. The lowest BCUT2D eigenvalue weighted by Gasteiger charge is -2.10. The quantitative estimate of drug-likeness (QED) is 0.564. The number of benzene rings is 1. The van der Waals surface area contributed by atoms with E-state index in [9.17, 15) is 14.4 Å². The number of aromatic amines is 1. The lowest BCUT2D eigenvalue weighted by atomic mass is 10.3. The molecule has 25 heavy (non-hydrogen) atoms. The van der Waals surface area contributed by atoms with Crippen LogP contribution in [0.1, 0.15) is 10.5 Å². The summed E-state index contributed by atoms with van der Waals surface area (Å²) in [6, 6.07) is 9.52. The molecule has 0 aliphatic carbocycles. The molecule has 0 saturated heterocycles. The number of rotatable bonds is 8. The molecule has 0 atom stereocenters. The maximum atomic E-state index is 11.7. The van der Waals surface area contributed by atoms with Crippen LogP contribution in [0.4, 0.5) is 0 Å². The molecule has 0 saturated carbocycles. The Balaban J connectivity index is 1.67. The van der Waals surface area contributed by atoms with Crippen molar-refractivity contribution in [3.8, 4) is 11.5 Å². The van der Waals surface area contributed by atoms with Crippen LogP contribution in [-0.4, -0.2) is 48.8 Å². The molecule has 2 aromatic rings. The molecule has 9 nitrogen and oxygen atoms in total. The average Bonchev–Trinajstić information content (AvgIpc) is 2.64. The second-order valence-corrected chi connectivity index (χ2v) is 4.85. The number of hydrogen-bond donors (Lipinski definition) is 3. The minimum Gasteiger partial charge on any atom is -0.493 e. The molecular formula is C16H18N4O5. The third kappa shape index (κ3) is 5.65. The summed E-state index contributed by atoms with van der Waals surface area (Å²) in [5.74, 6) is 0.228. The molecule has 1 aromatic carbocycles. The number of carbonyl (C=O) groups excluding carboxylic acids is 2. The van der Waals surface area contributed by atoms with Gasteiger partial charge in [0, 0.05) is 19.2 Å². The maximum Gasteiger partial charge on any atom is 0.271 e. The van der Waals surface area contributed by atoms with E-state index in [2.05, 4.69) is 20.8 Å². The monoisotopic (exact) mass is 346 g/mol. The first-order valence-electron chi connectivity index (χ1n) is 7.46. The van der Waals surface area contributed by atoms with Gasteiger partial charge in [-0.15, -0.1) is 0 Å². The summed E-state index contributed by atoms with van der Waals surface area (Å²) in [7, 11) is 1.52. The predicted molar refractivity (Wildman–Crippen MR) is 88.7 cm³/mol. The van der Waals surface area contributed by atoms with E-state index in [1.54, 1.807) is 24.3 Å². The normalized spacial score (nSPS) is 9.96. The fraction of sp³-hybridized carbons (Fsp3) is 0.250. The van der Waals surface area contributed by atoms with Crippen molar-refractivity contribution in [2.45, 2.75) is 0 Å². The molecule has 9 heteroatoms. The Labute approximate surface area is 143 Å². The van der Waals surface area contributed by atoms with E-state index in [0.717, 1.165) is 0 Å². The molecule has 3 N–H and O–H groups in total. The third-order valence-corrected chi connectivity index (χ3v) is 3.07. The minimum atomic E-state index is -0.448. The molecule has 1 heterocycles. The van der Waals surface area contributed by atoms with E-state index < -0.39 is 5.91 Å². The van der Waals surface area contributed by atoms with Crippen molar-refractivity contribution in [3.05, 3.63) is 52.4 Å². The zero-order valence-corrected chi connectivity index (χ0v) is 13.6. The van der Waals surface area contributed by atoms with Gasteiger partial charge in [0.05, 0.1) is 7.11 Å². The van der Waals surface area contributed by atoms with E-state index in [0.29, 0.717) is 11.5 Å². The van der Waals surface area contributed by atoms with E-state index in [-0.39, 0.29) is 36.9 Å². The summed E-state index contributed by atoms with van der Waals surface area (Å²) in [4.78, 5) is 34.3. The number of para-hydroxylation sites is 2. The first kappa shape index (κ1) is 18.0. The summed E-state index contributed by atoms with van der Waals surface area (Å²) < 4.78 is 10.5. The smallest absolute Gasteiger partial charge is 0.271 e. The van der Waals surface area contributed by atoms with Crippen molar-refractivity contribution in [3.63, 3.8) is 0 Å². The molecule has 0 bridgehead atoms. The van der Waals surface area contributed by atoms with Gasteiger partial charge in [-0.25, -0.2) is 5.10 Å². The maximum absolute atomic E-state index is 11.7. The van der Waals surface area contributed by atoms with E-state index >= 15 is 0 Å². The lowest BCUT2D eigenvalue weighted by Crippen LogP contribution is -2.37. The molecule has 2 rings (SSSR count). The average molecular weight is 346 g/mol. The van der Waals surface area contributed by atoms with Gasteiger partial charge < -0.3 is 20.1 Å². The van der Waals surface area contributed by atoms with Crippen molar-refractivity contribution in [1.82, 2.24) is 20.8 Å². The zero-order valence-electron chi connectivity index (χ0n) is 13.6. The second kappa shape index (κ2) is 9.06. The number of H-pyrrole nitrogens is 1. The van der Waals surface area contributed by atoms with Gasteiger partial charge in [0.15, 0.2) is 18.1 Å². The van der Waals surface area contributed by atoms with Gasteiger partial charge in [-0.2, -0.15) is 5.10 Å². The molecular weight excluding hydrogens is 328 g/mol. The predicted octanol–water partition coefficient (Wildman–Crippen LogP) is -0.297. The van der Waals surface area contributed by atoms with Crippen LogP contribution in [0.5, 0.6) is 11.5 Å². The molecule has 0 radical (unpaired) electrons. The van der Waals surface area contributed by atoms with Gasteiger partial charge in [0.1, 0.15) is 5.69 Å². The SMILES string of the molecule is COc1ccccc1OCC(=O)NCCNC(=O)c1ccc(=O)[nH]n1. The number of hydrogen-bond acceptors (Lipinski definition) is 6. The highest BCUT2D eigenvalue weighted by molar-refractivity contribution is 5.92. The number of nitrogens with zero attached hydrogens (tertiary/aromatic N) is 1.